The summed E-state index contributed by atoms with van der Waals surface area (Å²) in [6.07, 6.45) is 0. The van der Waals surface area contributed by atoms with Crippen LogP contribution in [-0.4, -0.2) is 7.11 Å². The Bertz CT molecular complexity index is 602. The van der Waals surface area contributed by atoms with Crippen LogP contribution >= 0.6 is 11.6 Å². The average molecular weight is 299 g/mol. The van der Waals surface area contributed by atoms with Gasteiger partial charge in [0.1, 0.15) is 18.2 Å². The molecule has 2 nitrogen and oxygen atoms in total. The quantitative estimate of drug-likeness (QED) is 0.767. The van der Waals surface area contributed by atoms with Crippen molar-refractivity contribution in [2.75, 3.05) is 7.11 Å². The van der Waals surface area contributed by atoms with Crippen molar-refractivity contribution in [2.24, 2.45) is 0 Å². The van der Waals surface area contributed by atoms with E-state index >= 15 is 0 Å². The summed E-state index contributed by atoms with van der Waals surface area (Å²) >= 11 is 5.73. The molecule has 0 amide bonds. The molecule has 0 unspecified atom stereocenters. The molecule has 0 heterocycles. The van der Waals surface area contributed by atoms with Crippen LogP contribution in [0, 0.1) is 11.6 Å². The molecule has 0 atom stereocenters. The lowest BCUT2D eigenvalue weighted by Crippen LogP contribution is -2.01. The Morgan fingerprint density at radius 1 is 1.05 bits per heavy atom. The molecule has 2 aromatic rings. The third kappa shape index (κ3) is 3.39. The maximum absolute atomic E-state index is 13.5. The van der Waals surface area contributed by atoms with Crippen LogP contribution in [0.2, 0.25) is 0 Å². The largest absolute Gasteiger partial charge is 0.493 e. The van der Waals surface area contributed by atoms with Crippen molar-refractivity contribution in [3.63, 3.8) is 0 Å². The van der Waals surface area contributed by atoms with Crippen LogP contribution in [-0.2, 0) is 12.5 Å². The van der Waals surface area contributed by atoms with E-state index < -0.39 is 11.6 Å². The summed E-state index contributed by atoms with van der Waals surface area (Å²) in [6.45, 7) is -0.0832. The Morgan fingerprint density at radius 2 is 1.85 bits per heavy atom. The van der Waals surface area contributed by atoms with Gasteiger partial charge in [0.25, 0.3) is 0 Å². The number of ether oxygens (including phenoxy) is 2. The zero-order valence-corrected chi connectivity index (χ0v) is 11.6. The van der Waals surface area contributed by atoms with Gasteiger partial charge in [-0.1, -0.05) is 6.07 Å². The second kappa shape index (κ2) is 6.57. The fraction of sp³-hybridized carbons (Fsp3) is 0.200. The maximum Gasteiger partial charge on any atom is 0.161 e. The van der Waals surface area contributed by atoms with E-state index in [-0.39, 0.29) is 12.2 Å². The second-order valence-electron chi connectivity index (χ2n) is 4.14. The van der Waals surface area contributed by atoms with Crippen LogP contribution < -0.4 is 9.47 Å². The fourth-order valence-electron chi connectivity index (χ4n) is 1.72. The van der Waals surface area contributed by atoms with E-state index in [1.165, 1.54) is 7.11 Å². The Balaban J connectivity index is 2.16. The SMILES string of the molecule is COc1cc(CCl)ccc1OCc1cc(F)ccc1F. The van der Waals surface area contributed by atoms with Crippen LogP contribution in [0.3, 0.4) is 0 Å². The number of benzene rings is 2. The molecule has 2 aromatic carbocycles. The lowest BCUT2D eigenvalue weighted by atomic mass is 10.2. The predicted molar refractivity (Wildman–Crippen MR) is 73.2 cm³/mol. The van der Waals surface area contributed by atoms with Gasteiger partial charge in [-0.15, -0.1) is 11.6 Å². The number of alkyl halides is 1. The van der Waals surface area contributed by atoms with E-state index in [9.17, 15) is 8.78 Å². The van der Waals surface area contributed by atoms with Crippen LogP contribution in [0.15, 0.2) is 36.4 Å². The number of hydrogen-bond donors (Lipinski definition) is 0. The second-order valence-corrected chi connectivity index (χ2v) is 4.41. The fourth-order valence-corrected chi connectivity index (χ4v) is 1.89. The third-order valence-electron chi connectivity index (χ3n) is 2.77. The summed E-state index contributed by atoms with van der Waals surface area (Å²) in [6, 6.07) is 8.45. The van der Waals surface area contributed by atoms with Gasteiger partial charge in [0, 0.05) is 11.4 Å². The zero-order chi connectivity index (χ0) is 14.5. The molecule has 0 saturated carbocycles. The van der Waals surface area contributed by atoms with Gasteiger partial charge in [-0.3, -0.25) is 0 Å². The first-order valence-corrected chi connectivity index (χ1v) is 6.47. The smallest absolute Gasteiger partial charge is 0.161 e. The third-order valence-corrected chi connectivity index (χ3v) is 3.08. The average Bonchev–Trinajstić information content (AvgIpc) is 2.48. The summed E-state index contributed by atoms with van der Waals surface area (Å²) in [5.74, 6) is 0.289. The van der Waals surface area contributed by atoms with Gasteiger partial charge < -0.3 is 9.47 Å². The predicted octanol–water partition coefficient (Wildman–Crippen LogP) is 4.29. The van der Waals surface area contributed by atoms with Gasteiger partial charge in [-0.2, -0.15) is 0 Å². The van der Waals surface area contributed by atoms with Crippen LogP contribution in [0.5, 0.6) is 11.5 Å². The highest BCUT2D eigenvalue weighted by Gasteiger charge is 2.09. The minimum atomic E-state index is -0.511. The molecule has 0 N–H and O–H groups in total. The van der Waals surface area contributed by atoms with E-state index in [0.717, 1.165) is 23.8 Å². The molecule has 0 bridgehead atoms. The zero-order valence-electron chi connectivity index (χ0n) is 10.8. The molecular formula is C15H13ClF2O2. The van der Waals surface area contributed by atoms with Crippen molar-refractivity contribution in [3.05, 3.63) is 59.2 Å². The van der Waals surface area contributed by atoms with Crippen LogP contribution in [0.25, 0.3) is 0 Å². The Morgan fingerprint density at radius 3 is 2.55 bits per heavy atom. The van der Waals surface area contributed by atoms with Gasteiger partial charge >= 0.3 is 0 Å². The highest BCUT2D eigenvalue weighted by atomic mass is 35.5. The Labute approximate surface area is 120 Å². The van der Waals surface area contributed by atoms with Crippen molar-refractivity contribution in [2.45, 2.75) is 12.5 Å². The van der Waals surface area contributed by atoms with Crippen molar-refractivity contribution < 1.29 is 18.3 Å². The molecule has 0 radical (unpaired) electrons. The molecule has 0 aliphatic heterocycles. The molecule has 0 aromatic heterocycles. The minimum Gasteiger partial charge on any atom is -0.493 e. The first-order valence-electron chi connectivity index (χ1n) is 5.93. The monoisotopic (exact) mass is 298 g/mol. The molecular weight excluding hydrogens is 286 g/mol. The van der Waals surface area contributed by atoms with E-state index in [2.05, 4.69) is 0 Å². The van der Waals surface area contributed by atoms with Gasteiger partial charge in [0.05, 0.1) is 7.11 Å². The lowest BCUT2D eigenvalue weighted by Gasteiger charge is -2.12. The topological polar surface area (TPSA) is 18.5 Å². The molecule has 0 spiro atoms. The number of rotatable bonds is 5. The van der Waals surface area contributed by atoms with E-state index in [1.54, 1.807) is 18.2 Å². The molecule has 0 saturated heterocycles. The number of halogens is 3. The number of hydrogen-bond acceptors (Lipinski definition) is 2. The first-order chi connectivity index (χ1) is 9.63. The number of methoxy groups -OCH3 is 1. The van der Waals surface area contributed by atoms with Gasteiger partial charge in [0.15, 0.2) is 11.5 Å². The molecule has 0 fully saturated rings. The van der Waals surface area contributed by atoms with Crippen molar-refractivity contribution >= 4 is 11.6 Å². The highest BCUT2D eigenvalue weighted by molar-refractivity contribution is 6.17. The summed E-state index contributed by atoms with van der Waals surface area (Å²) in [5, 5.41) is 0. The van der Waals surface area contributed by atoms with Gasteiger partial charge in [-0.25, -0.2) is 8.78 Å². The lowest BCUT2D eigenvalue weighted by molar-refractivity contribution is 0.279. The summed E-state index contributed by atoms with van der Waals surface area (Å²) in [5.41, 5.74) is 1.03. The van der Waals surface area contributed by atoms with Crippen LogP contribution in [0.4, 0.5) is 8.78 Å². The van der Waals surface area contributed by atoms with Gasteiger partial charge in [0.2, 0.25) is 0 Å². The van der Waals surface area contributed by atoms with Crippen molar-refractivity contribution in [1.29, 1.82) is 0 Å². The molecule has 0 aliphatic carbocycles. The van der Waals surface area contributed by atoms with E-state index in [0.29, 0.717) is 17.4 Å². The summed E-state index contributed by atoms with van der Waals surface area (Å²) in [4.78, 5) is 0. The minimum absolute atomic E-state index is 0.0832. The van der Waals surface area contributed by atoms with Crippen molar-refractivity contribution in [1.82, 2.24) is 0 Å². The molecule has 2 rings (SSSR count). The van der Waals surface area contributed by atoms with Crippen molar-refractivity contribution in [3.8, 4) is 11.5 Å². The molecule has 106 valence electrons. The summed E-state index contributed by atoms with van der Waals surface area (Å²) < 4.78 is 37.2. The van der Waals surface area contributed by atoms with Crippen LogP contribution in [0.1, 0.15) is 11.1 Å². The summed E-state index contributed by atoms with van der Waals surface area (Å²) in [7, 11) is 1.50. The first kappa shape index (κ1) is 14.6. The molecule has 20 heavy (non-hydrogen) atoms. The van der Waals surface area contributed by atoms with E-state index in [1.807, 2.05) is 0 Å². The van der Waals surface area contributed by atoms with E-state index in [4.69, 9.17) is 21.1 Å². The standard InChI is InChI=1S/C15H13ClF2O2/c1-19-15-6-10(8-16)2-5-14(15)20-9-11-7-12(17)3-4-13(11)18/h2-7H,8-9H2,1H3. The Kier molecular flexibility index (Phi) is 4.79. The normalized spacial score (nSPS) is 10.4. The molecule has 0 aliphatic rings. The molecule has 5 heteroatoms. The van der Waals surface area contributed by atoms with Gasteiger partial charge in [-0.05, 0) is 35.9 Å². The maximum atomic E-state index is 13.5. The Hall–Kier alpha value is -1.81. The highest BCUT2D eigenvalue weighted by Crippen LogP contribution is 2.29.